The van der Waals surface area contributed by atoms with Gasteiger partial charge in [0.25, 0.3) is 0 Å². The van der Waals surface area contributed by atoms with E-state index in [1.54, 1.807) is 0 Å². The maximum absolute atomic E-state index is 3.61. The van der Waals surface area contributed by atoms with Crippen LogP contribution in [0.5, 0.6) is 0 Å². The van der Waals surface area contributed by atoms with Crippen molar-refractivity contribution in [1.82, 2.24) is 0 Å². The fraction of sp³-hybridized carbons (Fsp3) is 0.0323. The van der Waals surface area contributed by atoms with Gasteiger partial charge >= 0.3 is 0 Å². The molecule has 1 heteroatoms. The van der Waals surface area contributed by atoms with Crippen molar-refractivity contribution in [2.24, 2.45) is 0 Å². The number of hydrogen-bond acceptors (Lipinski definition) is 1. The molecule has 0 radical (unpaired) electrons. The Hall–Kier alpha value is -4.10. The van der Waals surface area contributed by atoms with E-state index in [1.165, 1.54) is 44.5 Å². The number of anilines is 2. The molecule has 32 heavy (non-hydrogen) atoms. The van der Waals surface area contributed by atoms with Crippen molar-refractivity contribution in [2.45, 2.75) is 5.41 Å². The SMILES string of the molecule is c1ccc(Nc2ccc3c(c2)C2(c4ccccc4-c4ccccc42)c2ccccc2-3)cc1. The molecule has 0 amide bonds. The van der Waals surface area contributed by atoms with Crippen LogP contribution in [0.15, 0.2) is 121 Å². The molecule has 1 N–H and O–H groups in total. The second kappa shape index (κ2) is 6.45. The van der Waals surface area contributed by atoms with Crippen LogP contribution in [-0.4, -0.2) is 0 Å². The Balaban J connectivity index is 1.55. The largest absolute Gasteiger partial charge is 0.356 e. The lowest BCUT2D eigenvalue weighted by atomic mass is 9.70. The van der Waals surface area contributed by atoms with E-state index in [1.807, 2.05) is 6.07 Å². The summed E-state index contributed by atoms with van der Waals surface area (Å²) in [5.41, 5.74) is 12.8. The zero-order chi connectivity index (χ0) is 21.1. The van der Waals surface area contributed by atoms with Crippen molar-refractivity contribution in [2.75, 3.05) is 5.32 Å². The Bertz CT molecular complexity index is 1430. The molecule has 0 aliphatic heterocycles. The maximum atomic E-state index is 3.61. The third-order valence-corrected chi connectivity index (χ3v) is 7.06. The molecule has 0 heterocycles. The normalized spacial score (nSPS) is 13.9. The van der Waals surface area contributed by atoms with Gasteiger partial charge in [-0.2, -0.15) is 0 Å². The number of hydrogen-bond donors (Lipinski definition) is 1. The first-order chi connectivity index (χ1) is 15.9. The highest BCUT2D eigenvalue weighted by atomic mass is 14.9. The lowest BCUT2D eigenvalue weighted by molar-refractivity contribution is 0.794. The summed E-state index contributed by atoms with van der Waals surface area (Å²) in [6, 6.07) is 44.0. The van der Waals surface area contributed by atoms with Gasteiger partial charge in [0.15, 0.2) is 0 Å². The highest BCUT2D eigenvalue weighted by Crippen LogP contribution is 2.62. The molecule has 2 aliphatic carbocycles. The van der Waals surface area contributed by atoms with Gasteiger partial charge in [0.05, 0.1) is 5.41 Å². The van der Waals surface area contributed by atoms with Crippen molar-refractivity contribution in [3.8, 4) is 22.3 Å². The summed E-state index contributed by atoms with van der Waals surface area (Å²) in [5.74, 6) is 0. The Morgan fingerprint density at radius 2 is 0.844 bits per heavy atom. The lowest BCUT2D eigenvalue weighted by Gasteiger charge is -2.30. The minimum Gasteiger partial charge on any atom is -0.356 e. The van der Waals surface area contributed by atoms with Crippen LogP contribution < -0.4 is 5.32 Å². The van der Waals surface area contributed by atoms with Crippen LogP contribution in [0.4, 0.5) is 11.4 Å². The molecule has 1 nitrogen and oxygen atoms in total. The molecule has 5 aromatic rings. The molecule has 5 aromatic carbocycles. The predicted molar refractivity (Wildman–Crippen MR) is 132 cm³/mol. The third kappa shape index (κ3) is 2.18. The molecule has 0 unspecified atom stereocenters. The smallest absolute Gasteiger partial charge is 0.0726 e. The Kier molecular flexibility index (Phi) is 3.54. The number of rotatable bonds is 2. The molecule has 0 bridgehead atoms. The number of benzene rings is 5. The van der Waals surface area contributed by atoms with E-state index in [0.29, 0.717) is 0 Å². The molecule has 0 saturated heterocycles. The average Bonchev–Trinajstić information content (AvgIpc) is 3.32. The first-order valence-corrected chi connectivity index (χ1v) is 11.1. The second-order valence-electron chi connectivity index (χ2n) is 8.64. The minimum atomic E-state index is -0.284. The molecular formula is C31H21N. The first-order valence-electron chi connectivity index (χ1n) is 11.1. The molecule has 0 saturated carbocycles. The van der Waals surface area contributed by atoms with Crippen LogP contribution in [0, 0.1) is 0 Å². The highest BCUT2D eigenvalue weighted by molar-refractivity contribution is 5.95. The average molecular weight is 408 g/mol. The van der Waals surface area contributed by atoms with Gasteiger partial charge < -0.3 is 5.32 Å². The summed E-state index contributed by atoms with van der Waals surface area (Å²) in [4.78, 5) is 0. The van der Waals surface area contributed by atoms with Crippen molar-refractivity contribution >= 4 is 11.4 Å². The fourth-order valence-electron chi connectivity index (χ4n) is 5.86. The van der Waals surface area contributed by atoms with Crippen LogP contribution in [0.25, 0.3) is 22.3 Å². The molecule has 7 rings (SSSR count). The van der Waals surface area contributed by atoms with Gasteiger partial charge in [-0.25, -0.2) is 0 Å². The zero-order valence-electron chi connectivity index (χ0n) is 17.5. The molecule has 2 aliphatic rings. The summed E-state index contributed by atoms with van der Waals surface area (Å²) < 4.78 is 0. The summed E-state index contributed by atoms with van der Waals surface area (Å²) >= 11 is 0. The van der Waals surface area contributed by atoms with E-state index in [-0.39, 0.29) is 5.41 Å². The first kappa shape index (κ1) is 17.6. The number of nitrogens with one attached hydrogen (secondary N) is 1. The van der Waals surface area contributed by atoms with Crippen LogP contribution >= 0.6 is 0 Å². The van der Waals surface area contributed by atoms with E-state index < -0.39 is 0 Å². The third-order valence-electron chi connectivity index (χ3n) is 7.06. The van der Waals surface area contributed by atoms with Gasteiger partial charge in [0.1, 0.15) is 0 Å². The lowest BCUT2D eigenvalue weighted by Crippen LogP contribution is -2.25. The Labute approximate surface area is 188 Å². The van der Waals surface area contributed by atoms with Crippen LogP contribution in [0.1, 0.15) is 22.3 Å². The molecule has 0 fully saturated rings. The highest BCUT2D eigenvalue weighted by Gasteiger charge is 2.51. The maximum Gasteiger partial charge on any atom is 0.0726 e. The quantitative estimate of drug-likeness (QED) is 0.309. The van der Waals surface area contributed by atoms with Gasteiger partial charge in [-0.1, -0.05) is 97.1 Å². The van der Waals surface area contributed by atoms with Gasteiger partial charge in [-0.05, 0) is 68.8 Å². The van der Waals surface area contributed by atoms with Gasteiger partial charge in [-0.15, -0.1) is 0 Å². The molecule has 150 valence electrons. The predicted octanol–water partition coefficient (Wildman–Crippen LogP) is 7.77. The monoisotopic (exact) mass is 407 g/mol. The molecular weight excluding hydrogens is 386 g/mol. The van der Waals surface area contributed by atoms with E-state index in [9.17, 15) is 0 Å². The second-order valence-corrected chi connectivity index (χ2v) is 8.64. The van der Waals surface area contributed by atoms with Crippen molar-refractivity contribution < 1.29 is 0 Å². The van der Waals surface area contributed by atoms with Crippen molar-refractivity contribution in [3.63, 3.8) is 0 Å². The van der Waals surface area contributed by atoms with E-state index >= 15 is 0 Å². The van der Waals surface area contributed by atoms with Gasteiger partial charge in [0, 0.05) is 11.4 Å². The Morgan fingerprint density at radius 1 is 0.375 bits per heavy atom. The van der Waals surface area contributed by atoms with Crippen LogP contribution in [-0.2, 0) is 5.41 Å². The molecule has 0 aromatic heterocycles. The topological polar surface area (TPSA) is 12.0 Å². The fourth-order valence-corrected chi connectivity index (χ4v) is 5.86. The standard InChI is InChI=1S/C31H21N/c1-2-10-21(11-3-1)32-22-18-19-26-25-14-6-9-17-29(25)31(30(26)20-22)27-15-7-4-12-23(27)24-13-5-8-16-28(24)31/h1-20,32H. The Morgan fingerprint density at radius 3 is 1.41 bits per heavy atom. The van der Waals surface area contributed by atoms with E-state index in [2.05, 4.69) is 121 Å². The summed E-state index contributed by atoms with van der Waals surface area (Å²) in [6.45, 7) is 0. The van der Waals surface area contributed by atoms with E-state index in [4.69, 9.17) is 0 Å². The summed E-state index contributed by atoms with van der Waals surface area (Å²) in [6.07, 6.45) is 0. The number of fused-ring (bicyclic) bond motifs is 10. The minimum absolute atomic E-state index is 0.284. The number of para-hydroxylation sites is 1. The van der Waals surface area contributed by atoms with Gasteiger partial charge in [-0.3, -0.25) is 0 Å². The van der Waals surface area contributed by atoms with Gasteiger partial charge in [0.2, 0.25) is 0 Å². The van der Waals surface area contributed by atoms with Crippen LogP contribution in [0.3, 0.4) is 0 Å². The van der Waals surface area contributed by atoms with Crippen LogP contribution in [0.2, 0.25) is 0 Å². The summed E-state index contributed by atoms with van der Waals surface area (Å²) in [7, 11) is 0. The van der Waals surface area contributed by atoms with Crippen molar-refractivity contribution in [3.05, 3.63) is 144 Å². The molecule has 1 spiro atoms. The molecule has 0 atom stereocenters. The van der Waals surface area contributed by atoms with E-state index in [0.717, 1.165) is 11.4 Å². The summed E-state index contributed by atoms with van der Waals surface area (Å²) in [5, 5.41) is 3.61. The zero-order valence-corrected chi connectivity index (χ0v) is 17.5. The van der Waals surface area contributed by atoms with Crippen molar-refractivity contribution in [1.29, 1.82) is 0 Å².